The summed E-state index contributed by atoms with van der Waals surface area (Å²) in [5.41, 5.74) is 1.000. The molecule has 0 bridgehead atoms. The Hall–Kier alpha value is -0.0500. The van der Waals surface area contributed by atoms with Gasteiger partial charge in [0, 0.05) is 0 Å². The molecule has 1 aromatic carbocycles. The topological polar surface area (TPSA) is 89.8 Å². The zero-order valence-corrected chi connectivity index (χ0v) is 15.0. The van der Waals surface area contributed by atoms with Crippen LogP contribution in [-0.4, -0.2) is 36.9 Å². The maximum Gasteiger partial charge on any atom is 1.00 e. The summed E-state index contributed by atoms with van der Waals surface area (Å²) in [6, 6.07) is 9.46. The number of thiol groups is 1. The van der Waals surface area contributed by atoms with Crippen molar-refractivity contribution >= 4 is 28.6 Å². The molecule has 0 spiro atoms. The Bertz CT molecular complexity index is 520. The Kier molecular flexibility index (Phi) is 9.78. The summed E-state index contributed by atoms with van der Waals surface area (Å²) in [5, 5.41) is 11.8. The molecule has 1 atom stereocenters. The van der Waals surface area contributed by atoms with Crippen molar-refractivity contribution in [2.75, 3.05) is 18.1 Å². The molecule has 0 saturated heterocycles. The van der Waals surface area contributed by atoms with Crippen molar-refractivity contribution in [3.8, 4) is 0 Å². The van der Waals surface area contributed by atoms with Gasteiger partial charge < -0.3 is 10.1 Å². The molecule has 0 fully saturated rings. The first-order valence-electron chi connectivity index (χ1n) is 5.73. The number of aliphatic imine (C=N–C) groups is 1. The van der Waals surface area contributed by atoms with Gasteiger partial charge in [-0.3, -0.25) is 4.55 Å². The first-order valence-corrected chi connectivity index (χ1v) is 7.98. The van der Waals surface area contributed by atoms with E-state index in [0.29, 0.717) is 12.2 Å². The monoisotopic (exact) mass is 325 g/mol. The van der Waals surface area contributed by atoms with E-state index in [9.17, 15) is 13.5 Å². The summed E-state index contributed by atoms with van der Waals surface area (Å²) < 4.78 is 29.6. The number of benzene rings is 1. The van der Waals surface area contributed by atoms with Crippen LogP contribution in [0.5, 0.6) is 0 Å². The fraction of sp³-hybridized carbons (Fsp3) is 0.417. The molecule has 0 unspecified atom stereocenters. The van der Waals surface area contributed by atoms with Crippen molar-refractivity contribution in [1.82, 2.24) is 0 Å². The number of hydrogen-bond donors (Lipinski definition) is 2. The van der Waals surface area contributed by atoms with Gasteiger partial charge in [0.25, 0.3) is 10.1 Å². The third kappa shape index (κ3) is 8.28. The Morgan fingerprint density at radius 1 is 1.35 bits per heavy atom. The van der Waals surface area contributed by atoms with Crippen LogP contribution in [0, 0.1) is 5.92 Å². The van der Waals surface area contributed by atoms with Gasteiger partial charge in [-0.1, -0.05) is 30.3 Å². The van der Waals surface area contributed by atoms with Gasteiger partial charge in [0.05, 0.1) is 12.3 Å². The molecular weight excluding hydrogens is 309 g/mol. The summed E-state index contributed by atoms with van der Waals surface area (Å²) in [4.78, 5) is 3.65. The Morgan fingerprint density at radius 3 is 2.45 bits per heavy atom. The Labute approximate surface area is 147 Å². The van der Waals surface area contributed by atoms with Crippen LogP contribution in [0.1, 0.15) is 5.56 Å². The summed E-state index contributed by atoms with van der Waals surface area (Å²) in [6.07, 6.45) is 0.512. The average molecular weight is 325 g/mol. The van der Waals surface area contributed by atoms with Gasteiger partial charge in [-0.15, -0.1) is 0 Å². The second-order valence-electron chi connectivity index (χ2n) is 4.08. The van der Waals surface area contributed by atoms with E-state index in [1.54, 1.807) is 0 Å². The minimum Gasteiger partial charge on any atom is -0.862 e. The fourth-order valence-electron chi connectivity index (χ4n) is 1.53. The van der Waals surface area contributed by atoms with Gasteiger partial charge in [0.2, 0.25) is 0 Å². The van der Waals surface area contributed by atoms with Crippen LogP contribution in [0.25, 0.3) is 0 Å². The molecule has 1 N–H and O–H groups in total. The van der Waals surface area contributed by atoms with E-state index >= 15 is 0 Å². The molecule has 0 amide bonds. The van der Waals surface area contributed by atoms with E-state index in [0.717, 1.165) is 5.56 Å². The van der Waals surface area contributed by atoms with Crippen molar-refractivity contribution in [3.63, 3.8) is 0 Å². The van der Waals surface area contributed by atoms with Gasteiger partial charge in [0.1, 0.15) is 0 Å². The van der Waals surface area contributed by atoms with E-state index in [4.69, 9.17) is 4.55 Å². The molecule has 1 aromatic rings. The van der Waals surface area contributed by atoms with Crippen molar-refractivity contribution in [2.45, 2.75) is 6.42 Å². The molecule has 20 heavy (non-hydrogen) atoms. The standard InChI is InChI=1S/C12H17NO4S2.Na/c14-12(13-6-7-19(15,16)17)11(9-18)8-10-4-2-1-3-5-10;/h1-5,11,18H,6-9H2,(H,13,14)(H,15,16,17);/q;+1/p-1/t11-;/m1./s1. The predicted molar refractivity (Wildman–Crippen MR) is 76.2 cm³/mol. The van der Waals surface area contributed by atoms with Crippen molar-refractivity contribution in [1.29, 1.82) is 0 Å². The Morgan fingerprint density at radius 2 is 1.95 bits per heavy atom. The second-order valence-corrected chi connectivity index (χ2v) is 6.01. The molecule has 8 heteroatoms. The third-order valence-electron chi connectivity index (χ3n) is 2.51. The summed E-state index contributed by atoms with van der Waals surface area (Å²) in [6.45, 7) is -0.225. The molecule has 0 heterocycles. The molecule has 0 aliphatic rings. The van der Waals surface area contributed by atoms with Crippen LogP contribution < -0.4 is 34.7 Å². The maximum atomic E-state index is 11.8. The van der Waals surface area contributed by atoms with Crippen LogP contribution in [0.15, 0.2) is 35.3 Å². The van der Waals surface area contributed by atoms with Crippen LogP contribution in [-0.2, 0) is 16.5 Å². The molecule has 0 saturated carbocycles. The van der Waals surface area contributed by atoms with Gasteiger partial charge in [-0.05, 0) is 29.6 Å². The van der Waals surface area contributed by atoms with E-state index in [-0.39, 0.29) is 47.9 Å². The first kappa shape index (κ1) is 19.9. The van der Waals surface area contributed by atoms with Crippen molar-refractivity contribution in [3.05, 3.63) is 35.9 Å². The molecule has 106 valence electrons. The predicted octanol–water partition coefficient (Wildman–Crippen LogP) is -2.57. The van der Waals surface area contributed by atoms with E-state index in [1.807, 2.05) is 30.3 Å². The first-order chi connectivity index (χ1) is 8.92. The van der Waals surface area contributed by atoms with Gasteiger partial charge in [0.15, 0.2) is 0 Å². The molecule has 5 nitrogen and oxygen atoms in total. The quantitative estimate of drug-likeness (QED) is 0.190. The molecule has 1 rings (SSSR count). The van der Waals surface area contributed by atoms with Crippen molar-refractivity contribution in [2.24, 2.45) is 10.9 Å². The van der Waals surface area contributed by atoms with E-state index in [1.165, 1.54) is 0 Å². The SMILES string of the molecule is O=S(=O)(O)CCN=C([O-])[C@@H](CS)Cc1ccccc1.[Na+]. The minimum atomic E-state index is -4.08. The molecule has 0 radical (unpaired) electrons. The van der Waals surface area contributed by atoms with Gasteiger partial charge in [-0.2, -0.15) is 21.0 Å². The van der Waals surface area contributed by atoms with Crippen LogP contribution in [0.3, 0.4) is 0 Å². The fourth-order valence-corrected chi connectivity index (χ4v) is 2.14. The number of rotatable bonds is 7. The normalized spacial score (nSPS) is 13.6. The largest absolute Gasteiger partial charge is 1.00 e. The van der Waals surface area contributed by atoms with Crippen molar-refractivity contribution < 1.29 is 47.6 Å². The smallest absolute Gasteiger partial charge is 0.862 e. The summed E-state index contributed by atoms with van der Waals surface area (Å²) in [7, 11) is -4.08. The molecular formula is C12H16NNaO4S2. The number of hydrogen-bond acceptors (Lipinski definition) is 5. The van der Waals surface area contributed by atoms with Crippen LogP contribution >= 0.6 is 12.6 Å². The number of nitrogens with zero attached hydrogens (tertiary/aromatic N) is 1. The van der Waals surface area contributed by atoms with E-state index < -0.39 is 15.9 Å². The summed E-state index contributed by atoms with van der Waals surface area (Å²) in [5.74, 6) is -0.971. The van der Waals surface area contributed by atoms with E-state index in [2.05, 4.69) is 17.6 Å². The molecule has 0 aromatic heterocycles. The summed E-state index contributed by atoms with van der Waals surface area (Å²) >= 11 is 4.12. The van der Waals surface area contributed by atoms with Crippen LogP contribution in [0.4, 0.5) is 0 Å². The zero-order valence-electron chi connectivity index (χ0n) is 11.3. The van der Waals surface area contributed by atoms with Gasteiger partial charge >= 0.3 is 29.6 Å². The maximum absolute atomic E-state index is 11.8. The molecule has 0 aliphatic heterocycles. The zero-order chi connectivity index (χ0) is 14.3. The average Bonchev–Trinajstić information content (AvgIpc) is 2.35. The second kappa shape index (κ2) is 9.81. The molecule has 0 aliphatic carbocycles. The minimum absolute atomic E-state index is 0. The Balaban J connectivity index is 0.00000361. The van der Waals surface area contributed by atoms with Crippen LogP contribution in [0.2, 0.25) is 0 Å². The van der Waals surface area contributed by atoms with Gasteiger partial charge in [-0.25, -0.2) is 0 Å². The third-order valence-corrected chi connectivity index (χ3v) is 3.65.